The van der Waals surface area contributed by atoms with Crippen LogP contribution in [0.5, 0.6) is 0 Å². The van der Waals surface area contributed by atoms with Crippen LogP contribution in [0.15, 0.2) is 47.4 Å². The second-order valence-corrected chi connectivity index (χ2v) is 8.58. The zero-order chi connectivity index (χ0) is 20.2. The van der Waals surface area contributed by atoms with E-state index in [0.717, 1.165) is 16.7 Å². The Hall–Kier alpha value is -2.22. The average molecular weight is 390 g/mol. The van der Waals surface area contributed by atoms with Crippen LogP contribution in [0.4, 0.5) is 5.69 Å². The van der Waals surface area contributed by atoms with Crippen molar-refractivity contribution in [3.63, 3.8) is 0 Å². The van der Waals surface area contributed by atoms with E-state index in [1.807, 2.05) is 37.3 Å². The quantitative estimate of drug-likeness (QED) is 0.678. The highest BCUT2D eigenvalue weighted by atomic mass is 32.2. The van der Waals surface area contributed by atoms with Crippen molar-refractivity contribution in [2.75, 3.05) is 11.9 Å². The molecule has 0 aliphatic heterocycles. The second-order valence-electron chi connectivity index (χ2n) is 7.02. The van der Waals surface area contributed by atoms with Gasteiger partial charge in [-0.3, -0.25) is 4.79 Å². The summed E-state index contributed by atoms with van der Waals surface area (Å²) in [5.74, 6) is 0.0561. The number of hydrogen-bond acceptors (Lipinski definition) is 4. The lowest BCUT2D eigenvalue weighted by Gasteiger charge is -2.23. The van der Waals surface area contributed by atoms with E-state index in [2.05, 4.69) is 24.5 Å². The Kier molecular flexibility index (Phi) is 6.75. The maximum absolute atomic E-state index is 12.4. The molecule has 1 unspecified atom stereocenters. The Morgan fingerprint density at radius 3 is 2.30 bits per heavy atom. The normalized spacial score (nSPS) is 12.8. The minimum absolute atomic E-state index is 0.0156. The number of carbonyl (C=O) groups is 1. The molecular weight excluding hydrogens is 362 g/mol. The maximum atomic E-state index is 12.4. The number of primary sulfonamides is 1. The van der Waals surface area contributed by atoms with Gasteiger partial charge in [-0.2, -0.15) is 0 Å². The number of nitrogens with one attached hydrogen (secondary N) is 2. The Bertz CT molecular complexity index is 910. The Morgan fingerprint density at radius 1 is 1.11 bits per heavy atom. The number of carbonyl (C=O) groups excluding carboxylic acids is 1. The van der Waals surface area contributed by atoms with E-state index >= 15 is 0 Å². The highest BCUT2D eigenvalue weighted by Crippen LogP contribution is 2.24. The number of nitrogens with two attached hydrogens (primary N) is 1. The van der Waals surface area contributed by atoms with Gasteiger partial charge in [-0.15, -0.1) is 0 Å². The molecule has 0 aliphatic carbocycles. The van der Waals surface area contributed by atoms with Gasteiger partial charge in [0.05, 0.1) is 11.4 Å². The molecule has 0 heterocycles. The molecule has 27 heavy (non-hydrogen) atoms. The maximum Gasteiger partial charge on any atom is 0.238 e. The van der Waals surface area contributed by atoms with Crippen LogP contribution in [0.25, 0.3) is 0 Å². The van der Waals surface area contributed by atoms with Crippen molar-refractivity contribution < 1.29 is 13.2 Å². The molecule has 0 aliphatic rings. The third-order valence-corrected chi connectivity index (χ3v) is 5.44. The lowest BCUT2D eigenvalue weighted by molar-refractivity contribution is -0.115. The average Bonchev–Trinajstić information content (AvgIpc) is 2.58. The number of rotatable bonds is 7. The van der Waals surface area contributed by atoms with Crippen LogP contribution >= 0.6 is 0 Å². The van der Waals surface area contributed by atoms with Gasteiger partial charge in [0.25, 0.3) is 0 Å². The molecule has 2 aromatic rings. The van der Waals surface area contributed by atoms with Gasteiger partial charge in [-0.1, -0.05) is 44.2 Å². The summed E-state index contributed by atoms with van der Waals surface area (Å²) in [7, 11) is -3.84. The van der Waals surface area contributed by atoms with E-state index in [1.54, 1.807) is 6.92 Å². The van der Waals surface area contributed by atoms with Crippen LogP contribution in [0.3, 0.4) is 0 Å². The fourth-order valence-corrected chi connectivity index (χ4v) is 3.54. The summed E-state index contributed by atoms with van der Waals surface area (Å²) in [5.41, 5.74) is 3.11. The summed E-state index contributed by atoms with van der Waals surface area (Å²) < 4.78 is 23.3. The minimum Gasteiger partial charge on any atom is -0.325 e. The first-order valence-electron chi connectivity index (χ1n) is 8.82. The molecule has 0 radical (unpaired) electrons. The molecular formula is C20H27N3O3S. The number of amides is 1. The molecule has 2 aromatic carbocycles. The van der Waals surface area contributed by atoms with Crippen LogP contribution < -0.4 is 15.8 Å². The van der Waals surface area contributed by atoms with E-state index in [9.17, 15) is 13.2 Å². The fourth-order valence-electron chi connectivity index (χ4n) is 2.92. The predicted octanol–water partition coefficient (Wildman–Crippen LogP) is 2.88. The number of benzene rings is 2. The molecule has 0 saturated heterocycles. The van der Waals surface area contributed by atoms with Crippen molar-refractivity contribution in [2.24, 2.45) is 11.1 Å². The zero-order valence-corrected chi connectivity index (χ0v) is 16.9. The smallest absolute Gasteiger partial charge is 0.238 e. The van der Waals surface area contributed by atoms with Gasteiger partial charge in [0.2, 0.25) is 15.9 Å². The largest absolute Gasteiger partial charge is 0.325 e. The van der Waals surface area contributed by atoms with Crippen molar-refractivity contribution in [2.45, 2.75) is 38.6 Å². The number of sulfonamides is 1. The molecule has 1 amide bonds. The summed E-state index contributed by atoms with van der Waals surface area (Å²) in [5, 5.41) is 11.3. The van der Waals surface area contributed by atoms with Crippen molar-refractivity contribution in [3.8, 4) is 0 Å². The molecule has 0 spiro atoms. The summed E-state index contributed by atoms with van der Waals surface area (Å²) in [4.78, 5) is 12.4. The molecule has 0 saturated carbocycles. The highest BCUT2D eigenvalue weighted by Gasteiger charge is 2.18. The third kappa shape index (κ3) is 5.63. The van der Waals surface area contributed by atoms with E-state index < -0.39 is 10.0 Å². The van der Waals surface area contributed by atoms with Gasteiger partial charge < -0.3 is 10.6 Å². The van der Waals surface area contributed by atoms with Crippen LogP contribution in [-0.2, 0) is 14.8 Å². The third-order valence-electron chi connectivity index (χ3n) is 4.55. The molecule has 4 N–H and O–H groups in total. The summed E-state index contributed by atoms with van der Waals surface area (Å²) in [6.07, 6.45) is 0. The van der Waals surface area contributed by atoms with Crippen LogP contribution in [-0.4, -0.2) is 20.9 Å². The number of aryl methyl sites for hydroxylation is 1. The van der Waals surface area contributed by atoms with Gasteiger partial charge in [-0.25, -0.2) is 13.6 Å². The molecule has 0 aromatic heterocycles. The first-order valence-corrected chi connectivity index (χ1v) is 10.4. The van der Waals surface area contributed by atoms with Crippen molar-refractivity contribution in [3.05, 3.63) is 59.2 Å². The molecule has 0 fully saturated rings. The highest BCUT2D eigenvalue weighted by molar-refractivity contribution is 7.89. The standard InChI is InChI=1S/C20H27N3O3S/c1-13(2)20(16-8-6-5-7-9-16)22-12-19(24)23-18-11-17(27(21,25)26)10-14(3)15(18)4/h5-11,13,20,22H,12H2,1-4H3,(H,23,24)(H2,21,25,26). The molecule has 1 atom stereocenters. The van der Waals surface area contributed by atoms with Gasteiger partial charge in [0.1, 0.15) is 0 Å². The van der Waals surface area contributed by atoms with Gasteiger partial charge in [-0.05, 0) is 48.6 Å². The first kappa shape index (κ1) is 21.1. The van der Waals surface area contributed by atoms with Crippen molar-refractivity contribution >= 4 is 21.6 Å². The minimum atomic E-state index is -3.84. The molecule has 0 bridgehead atoms. The van der Waals surface area contributed by atoms with Crippen LogP contribution in [0, 0.1) is 19.8 Å². The van der Waals surface area contributed by atoms with Crippen molar-refractivity contribution in [1.29, 1.82) is 0 Å². The molecule has 7 heteroatoms. The monoisotopic (exact) mass is 389 g/mol. The number of hydrogen-bond donors (Lipinski definition) is 3. The SMILES string of the molecule is Cc1cc(S(N)(=O)=O)cc(NC(=O)CNC(c2ccccc2)C(C)C)c1C. The fraction of sp³-hybridized carbons (Fsp3) is 0.350. The molecule has 6 nitrogen and oxygen atoms in total. The van der Waals surface area contributed by atoms with E-state index in [-0.39, 0.29) is 23.4 Å². The lowest BCUT2D eigenvalue weighted by Crippen LogP contribution is -2.33. The Morgan fingerprint density at radius 2 is 1.74 bits per heavy atom. The Labute approximate surface area is 161 Å². The van der Waals surface area contributed by atoms with Crippen LogP contribution in [0.2, 0.25) is 0 Å². The topological polar surface area (TPSA) is 101 Å². The van der Waals surface area contributed by atoms with Crippen molar-refractivity contribution in [1.82, 2.24) is 5.32 Å². The summed E-state index contributed by atoms with van der Waals surface area (Å²) in [6.45, 7) is 7.89. The first-order chi connectivity index (χ1) is 12.6. The predicted molar refractivity (Wildman–Crippen MR) is 108 cm³/mol. The second kappa shape index (κ2) is 8.65. The molecule has 2 rings (SSSR count). The zero-order valence-electron chi connectivity index (χ0n) is 16.1. The summed E-state index contributed by atoms with van der Waals surface area (Å²) >= 11 is 0. The van der Waals surface area contributed by atoms with E-state index in [0.29, 0.717) is 11.6 Å². The van der Waals surface area contributed by atoms with Crippen LogP contribution in [0.1, 0.15) is 36.6 Å². The van der Waals surface area contributed by atoms with Gasteiger partial charge in [0, 0.05) is 11.7 Å². The molecule has 146 valence electrons. The number of anilines is 1. The summed E-state index contributed by atoms with van der Waals surface area (Å²) in [6, 6.07) is 12.9. The Balaban J connectivity index is 2.12. The van der Waals surface area contributed by atoms with E-state index in [1.165, 1.54) is 12.1 Å². The van der Waals surface area contributed by atoms with Gasteiger partial charge in [0.15, 0.2) is 0 Å². The van der Waals surface area contributed by atoms with Gasteiger partial charge >= 0.3 is 0 Å². The lowest BCUT2D eigenvalue weighted by atomic mass is 9.96. The van der Waals surface area contributed by atoms with E-state index in [4.69, 9.17) is 5.14 Å².